The number of nitrogens with one attached hydrogen (secondary N) is 1. The average Bonchev–Trinajstić information content (AvgIpc) is 2.77. The Morgan fingerprint density at radius 3 is 2.17 bits per heavy atom. The van der Waals surface area contributed by atoms with Gasteiger partial charge in [-0.3, -0.25) is 9.59 Å². The van der Waals surface area contributed by atoms with Gasteiger partial charge in [0.1, 0.15) is 17.6 Å². The standard InChI is InChI=1S/C22H25NO6S/c1-28-19-10-6-15(7-11-19)16-8-12-20(13-9-16)30(26,27)23-21(22(25)29-2)17-4-3-5-18(24)14-17/h6-13,17,21,23H,3-5,14H2,1-2H3. The Kier molecular flexibility index (Phi) is 6.89. The largest absolute Gasteiger partial charge is 0.497 e. The van der Waals surface area contributed by atoms with E-state index < -0.39 is 28.0 Å². The van der Waals surface area contributed by atoms with Crippen molar-refractivity contribution < 1.29 is 27.5 Å². The summed E-state index contributed by atoms with van der Waals surface area (Å²) in [5.74, 6) is -0.333. The number of carbonyl (C=O) groups excluding carboxylic acids is 2. The van der Waals surface area contributed by atoms with Gasteiger partial charge in [-0.05, 0) is 54.2 Å². The number of ketones is 1. The van der Waals surface area contributed by atoms with Crippen LogP contribution in [0.1, 0.15) is 25.7 Å². The maximum Gasteiger partial charge on any atom is 0.324 e. The fourth-order valence-corrected chi connectivity index (χ4v) is 4.90. The number of methoxy groups -OCH3 is 2. The fourth-order valence-electron chi connectivity index (χ4n) is 3.65. The summed E-state index contributed by atoms with van der Waals surface area (Å²) in [6, 6.07) is 12.7. The molecule has 7 nitrogen and oxygen atoms in total. The van der Waals surface area contributed by atoms with Gasteiger partial charge in [-0.2, -0.15) is 4.72 Å². The lowest BCUT2D eigenvalue weighted by Gasteiger charge is -2.28. The summed E-state index contributed by atoms with van der Waals surface area (Å²) in [4.78, 5) is 24.1. The Morgan fingerprint density at radius 1 is 1.03 bits per heavy atom. The minimum absolute atomic E-state index is 0.0307. The number of ether oxygens (including phenoxy) is 2. The Labute approximate surface area is 176 Å². The van der Waals surface area contributed by atoms with Gasteiger partial charge in [0.2, 0.25) is 10.0 Å². The predicted octanol–water partition coefficient (Wildman–Crippen LogP) is 2.94. The van der Waals surface area contributed by atoms with Crippen molar-refractivity contribution in [3.63, 3.8) is 0 Å². The van der Waals surface area contributed by atoms with Gasteiger partial charge in [0.05, 0.1) is 19.1 Å². The average molecular weight is 432 g/mol. The number of rotatable bonds is 7. The van der Waals surface area contributed by atoms with Gasteiger partial charge < -0.3 is 9.47 Å². The molecule has 2 atom stereocenters. The van der Waals surface area contributed by atoms with E-state index in [1.807, 2.05) is 24.3 Å². The molecule has 2 unspecified atom stereocenters. The smallest absolute Gasteiger partial charge is 0.324 e. The van der Waals surface area contributed by atoms with Crippen LogP contribution < -0.4 is 9.46 Å². The van der Waals surface area contributed by atoms with Crippen molar-refractivity contribution in [1.29, 1.82) is 0 Å². The molecular weight excluding hydrogens is 406 g/mol. The molecule has 0 heterocycles. The van der Waals surface area contributed by atoms with Crippen molar-refractivity contribution in [3.05, 3.63) is 48.5 Å². The Balaban J connectivity index is 1.80. The molecule has 0 radical (unpaired) electrons. The summed E-state index contributed by atoms with van der Waals surface area (Å²) in [6.07, 6.45) is 1.85. The number of Topliss-reactive ketones (excluding diaryl/α,β-unsaturated/α-hetero) is 1. The van der Waals surface area contributed by atoms with Crippen LogP contribution in [0.5, 0.6) is 5.75 Å². The van der Waals surface area contributed by atoms with E-state index in [-0.39, 0.29) is 17.1 Å². The number of benzene rings is 2. The first kappa shape index (κ1) is 22.0. The number of hydrogen-bond donors (Lipinski definition) is 1. The van der Waals surface area contributed by atoms with Gasteiger partial charge in [0.15, 0.2) is 0 Å². The second-order valence-electron chi connectivity index (χ2n) is 7.27. The molecule has 2 aromatic rings. The molecule has 0 saturated heterocycles. The van der Waals surface area contributed by atoms with Crippen LogP contribution in [0.2, 0.25) is 0 Å². The molecule has 0 spiro atoms. The van der Waals surface area contributed by atoms with E-state index >= 15 is 0 Å². The van der Waals surface area contributed by atoms with Crippen LogP contribution in [0.3, 0.4) is 0 Å². The van der Waals surface area contributed by atoms with Crippen LogP contribution in [-0.4, -0.2) is 40.4 Å². The minimum Gasteiger partial charge on any atom is -0.497 e. The highest BCUT2D eigenvalue weighted by Gasteiger charge is 2.36. The third-order valence-corrected chi connectivity index (χ3v) is 6.77. The number of esters is 1. The molecule has 1 N–H and O–H groups in total. The molecule has 3 rings (SSSR count). The molecule has 0 aromatic heterocycles. The van der Waals surface area contributed by atoms with Crippen LogP contribution in [0.4, 0.5) is 0 Å². The van der Waals surface area contributed by atoms with E-state index in [0.717, 1.165) is 16.9 Å². The third-order valence-electron chi connectivity index (χ3n) is 5.32. The first-order valence-electron chi connectivity index (χ1n) is 9.70. The zero-order chi connectivity index (χ0) is 21.7. The van der Waals surface area contributed by atoms with Crippen LogP contribution in [0.15, 0.2) is 53.4 Å². The lowest BCUT2D eigenvalue weighted by molar-refractivity contribution is -0.144. The normalized spacial score (nSPS) is 17.9. The molecule has 30 heavy (non-hydrogen) atoms. The van der Waals surface area contributed by atoms with Crippen molar-refractivity contribution in [3.8, 4) is 16.9 Å². The van der Waals surface area contributed by atoms with E-state index in [4.69, 9.17) is 9.47 Å². The van der Waals surface area contributed by atoms with E-state index in [9.17, 15) is 18.0 Å². The second-order valence-corrected chi connectivity index (χ2v) is 8.98. The molecule has 1 fully saturated rings. The SMILES string of the molecule is COC(=O)C(NS(=O)(=O)c1ccc(-c2ccc(OC)cc2)cc1)C1CCCC(=O)C1. The molecule has 8 heteroatoms. The molecule has 1 aliphatic carbocycles. The van der Waals surface area contributed by atoms with Gasteiger partial charge in [0.25, 0.3) is 0 Å². The van der Waals surface area contributed by atoms with E-state index in [1.54, 1.807) is 19.2 Å². The van der Waals surface area contributed by atoms with Crippen LogP contribution >= 0.6 is 0 Å². The molecular formula is C22H25NO6S. The lowest BCUT2D eigenvalue weighted by atomic mass is 9.83. The van der Waals surface area contributed by atoms with Crippen LogP contribution in [0.25, 0.3) is 11.1 Å². The molecule has 0 bridgehead atoms. The zero-order valence-electron chi connectivity index (χ0n) is 17.0. The summed E-state index contributed by atoms with van der Waals surface area (Å²) < 4.78 is 38.2. The van der Waals surface area contributed by atoms with Gasteiger partial charge in [-0.25, -0.2) is 8.42 Å². The summed E-state index contributed by atoms with van der Waals surface area (Å²) in [5, 5.41) is 0. The molecule has 160 valence electrons. The van der Waals surface area contributed by atoms with Gasteiger partial charge in [-0.15, -0.1) is 0 Å². The van der Waals surface area contributed by atoms with Gasteiger partial charge in [0, 0.05) is 12.8 Å². The summed E-state index contributed by atoms with van der Waals surface area (Å²) in [7, 11) is -1.18. The second kappa shape index (κ2) is 9.40. The van der Waals surface area contributed by atoms with E-state index in [1.165, 1.54) is 19.2 Å². The quantitative estimate of drug-likeness (QED) is 0.677. The molecule has 0 aliphatic heterocycles. The van der Waals surface area contributed by atoms with Gasteiger partial charge in [-0.1, -0.05) is 24.3 Å². The number of sulfonamides is 1. The van der Waals surface area contributed by atoms with E-state index in [2.05, 4.69) is 4.72 Å². The molecule has 1 saturated carbocycles. The Hall–Kier alpha value is -2.71. The van der Waals surface area contributed by atoms with Crippen molar-refractivity contribution in [1.82, 2.24) is 4.72 Å². The van der Waals surface area contributed by atoms with Gasteiger partial charge >= 0.3 is 5.97 Å². The maximum atomic E-state index is 12.9. The Bertz CT molecular complexity index is 999. The molecule has 1 aliphatic rings. The predicted molar refractivity (Wildman–Crippen MR) is 112 cm³/mol. The molecule has 0 amide bonds. The topological polar surface area (TPSA) is 98.8 Å². The minimum atomic E-state index is -3.97. The van der Waals surface area contributed by atoms with Crippen molar-refractivity contribution in [2.24, 2.45) is 5.92 Å². The fraction of sp³-hybridized carbons (Fsp3) is 0.364. The highest BCUT2D eigenvalue weighted by molar-refractivity contribution is 7.89. The summed E-state index contributed by atoms with van der Waals surface area (Å²) in [5.41, 5.74) is 1.76. The van der Waals surface area contributed by atoms with Crippen molar-refractivity contribution >= 4 is 21.8 Å². The molecule has 2 aromatic carbocycles. The van der Waals surface area contributed by atoms with Crippen molar-refractivity contribution in [2.45, 2.75) is 36.6 Å². The van der Waals surface area contributed by atoms with E-state index in [0.29, 0.717) is 19.3 Å². The Morgan fingerprint density at radius 2 is 1.63 bits per heavy atom. The van der Waals surface area contributed by atoms with Crippen molar-refractivity contribution in [2.75, 3.05) is 14.2 Å². The zero-order valence-corrected chi connectivity index (χ0v) is 17.8. The van der Waals surface area contributed by atoms with Crippen LogP contribution in [-0.2, 0) is 24.3 Å². The first-order valence-corrected chi connectivity index (χ1v) is 11.2. The lowest BCUT2D eigenvalue weighted by Crippen LogP contribution is -2.47. The number of hydrogen-bond acceptors (Lipinski definition) is 6. The third kappa shape index (κ3) is 5.06. The monoisotopic (exact) mass is 431 g/mol. The van der Waals surface area contributed by atoms with Crippen LogP contribution in [0, 0.1) is 5.92 Å². The first-order chi connectivity index (χ1) is 14.3. The highest BCUT2D eigenvalue weighted by Crippen LogP contribution is 2.27. The maximum absolute atomic E-state index is 12.9. The number of carbonyl (C=O) groups is 2. The summed E-state index contributed by atoms with van der Waals surface area (Å²) >= 11 is 0. The highest BCUT2D eigenvalue weighted by atomic mass is 32.2. The summed E-state index contributed by atoms with van der Waals surface area (Å²) in [6.45, 7) is 0.